The standard InChI is InChI=1S/C11H17N3O2/c1-11(4-2-3-5-11)6-7-16-10(15)9-12-8-13-14-9/h8H,2-7H2,1H3,(H,12,13,14). The van der Waals surface area contributed by atoms with Crippen molar-refractivity contribution in [3.8, 4) is 0 Å². The molecule has 1 saturated carbocycles. The van der Waals surface area contributed by atoms with Gasteiger partial charge in [-0.25, -0.2) is 9.78 Å². The van der Waals surface area contributed by atoms with Gasteiger partial charge in [0.05, 0.1) is 6.61 Å². The second-order valence-corrected chi connectivity index (χ2v) is 4.74. The molecule has 5 heteroatoms. The zero-order valence-electron chi connectivity index (χ0n) is 9.53. The van der Waals surface area contributed by atoms with Gasteiger partial charge < -0.3 is 4.74 Å². The highest BCUT2D eigenvalue weighted by Crippen LogP contribution is 2.40. The molecule has 0 bridgehead atoms. The van der Waals surface area contributed by atoms with Crippen LogP contribution in [0.4, 0.5) is 0 Å². The summed E-state index contributed by atoms with van der Waals surface area (Å²) < 4.78 is 5.14. The van der Waals surface area contributed by atoms with Crippen LogP contribution in [0.5, 0.6) is 0 Å². The van der Waals surface area contributed by atoms with Gasteiger partial charge in [-0.1, -0.05) is 19.8 Å². The summed E-state index contributed by atoms with van der Waals surface area (Å²) >= 11 is 0. The lowest BCUT2D eigenvalue weighted by Crippen LogP contribution is -2.17. The monoisotopic (exact) mass is 223 g/mol. The van der Waals surface area contributed by atoms with Gasteiger partial charge in [0.25, 0.3) is 0 Å². The van der Waals surface area contributed by atoms with Gasteiger partial charge >= 0.3 is 5.97 Å². The maximum Gasteiger partial charge on any atom is 0.375 e. The van der Waals surface area contributed by atoms with E-state index >= 15 is 0 Å². The second-order valence-electron chi connectivity index (χ2n) is 4.74. The number of nitrogens with one attached hydrogen (secondary N) is 1. The number of rotatable bonds is 4. The molecule has 0 saturated heterocycles. The number of esters is 1. The third-order valence-electron chi connectivity index (χ3n) is 3.36. The fourth-order valence-corrected chi connectivity index (χ4v) is 2.24. The Morgan fingerprint density at radius 3 is 2.94 bits per heavy atom. The van der Waals surface area contributed by atoms with E-state index < -0.39 is 5.97 Å². The van der Waals surface area contributed by atoms with Crippen LogP contribution >= 0.6 is 0 Å². The van der Waals surface area contributed by atoms with Crippen molar-refractivity contribution in [2.24, 2.45) is 5.41 Å². The van der Waals surface area contributed by atoms with Gasteiger partial charge in [-0.05, 0) is 24.7 Å². The van der Waals surface area contributed by atoms with Crippen LogP contribution in [-0.2, 0) is 4.74 Å². The lowest BCUT2D eigenvalue weighted by molar-refractivity contribution is 0.0438. The van der Waals surface area contributed by atoms with Gasteiger partial charge in [0.2, 0.25) is 5.82 Å². The summed E-state index contributed by atoms with van der Waals surface area (Å²) in [5.74, 6) is -0.240. The molecular weight excluding hydrogens is 206 g/mol. The van der Waals surface area contributed by atoms with Crippen molar-refractivity contribution >= 4 is 5.97 Å². The molecule has 1 fully saturated rings. The molecule has 2 rings (SSSR count). The average Bonchev–Trinajstić information content (AvgIpc) is 2.88. The Labute approximate surface area is 94.6 Å². The van der Waals surface area contributed by atoms with Crippen molar-refractivity contribution in [2.45, 2.75) is 39.0 Å². The van der Waals surface area contributed by atoms with Crippen molar-refractivity contribution < 1.29 is 9.53 Å². The first-order chi connectivity index (χ1) is 7.70. The average molecular weight is 223 g/mol. The highest BCUT2D eigenvalue weighted by molar-refractivity contribution is 5.84. The van der Waals surface area contributed by atoms with E-state index in [4.69, 9.17) is 4.74 Å². The SMILES string of the molecule is CC1(CCOC(=O)c2ncn[nH]2)CCCC1. The van der Waals surface area contributed by atoms with Crippen molar-refractivity contribution in [1.82, 2.24) is 15.2 Å². The molecule has 1 N–H and O–H groups in total. The van der Waals surface area contributed by atoms with E-state index in [1.165, 1.54) is 32.0 Å². The van der Waals surface area contributed by atoms with Crippen LogP contribution in [0, 0.1) is 5.41 Å². The molecule has 1 aliphatic rings. The Morgan fingerprint density at radius 2 is 2.31 bits per heavy atom. The smallest absolute Gasteiger partial charge is 0.375 e. The molecule has 0 aliphatic heterocycles. The quantitative estimate of drug-likeness (QED) is 0.792. The Bertz CT molecular complexity index is 342. The molecule has 0 aromatic carbocycles. The maximum atomic E-state index is 11.4. The lowest BCUT2D eigenvalue weighted by atomic mass is 9.86. The fraction of sp³-hybridized carbons (Fsp3) is 0.727. The first-order valence-electron chi connectivity index (χ1n) is 5.72. The highest BCUT2D eigenvalue weighted by atomic mass is 16.5. The molecule has 1 aliphatic carbocycles. The van der Waals surface area contributed by atoms with Crippen molar-refractivity contribution in [3.63, 3.8) is 0 Å². The van der Waals surface area contributed by atoms with Crippen LogP contribution in [0.3, 0.4) is 0 Å². The molecule has 1 heterocycles. The van der Waals surface area contributed by atoms with E-state index in [0.29, 0.717) is 12.0 Å². The van der Waals surface area contributed by atoms with E-state index in [2.05, 4.69) is 22.1 Å². The number of H-pyrrole nitrogens is 1. The first-order valence-corrected chi connectivity index (χ1v) is 5.72. The summed E-state index contributed by atoms with van der Waals surface area (Å²) in [6, 6.07) is 0. The minimum absolute atomic E-state index is 0.177. The molecular formula is C11H17N3O2. The number of aromatic nitrogens is 3. The van der Waals surface area contributed by atoms with Gasteiger partial charge in [0.15, 0.2) is 0 Å². The molecule has 1 aromatic heterocycles. The number of carbonyl (C=O) groups is 1. The summed E-state index contributed by atoms with van der Waals surface area (Å²) in [6.45, 7) is 2.73. The van der Waals surface area contributed by atoms with Crippen LogP contribution in [0.2, 0.25) is 0 Å². The molecule has 0 unspecified atom stereocenters. The van der Waals surface area contributed by atoms with Crippen LogP contribution in [0.15, 0.2) is 6.33 Å². The van der Waals surface area contributed by atoms with E-state index in [-0.39, 0.29) is 5.82 Å². The number of aromatic amines is 1. The number of hydrogen-bond donors (Lipinski definition) is 1. The number of hydrogen-bond acceptors (Lipinski definition) is 4. The normalized spacial score (nSPS) is 18.6. The number of nitrogens with zero attached hydrogens (tertiary/aromatic N) is 2. The lowest BCUT2D eigenvalue weighted by Gasteiger charge is -2.22. The molecule has 0 atom stereocenters. The van der Waals surface area contributed by atoms with Gasteiger partial charge in [0.1, 0.15) is 6.33 Å². The van der Waals surface area contributed by atoms with E-state index in [1.54, 1.807) is 0 Å². The largest absolute Gasteiger partial charge is 0.460 e. The molecule has 16 heavy (non-hydrogen) atoms. The minimum atomic E-state index is -0.418. The van der Waals surface area contributed by atoms with Crippen LogP contribution in [-0.4, -0.2) is 27.8 Å². The summed E-state index contributed by atoms with van der Waals surface area (Å²) in [4.78, 5) is 15.2. The molecule has 0 radical (unpaired) electrons. The predicted octanol–water partition coefficient (Wildman–Crippen LogP) is 1.93. The van der Waals surface area contributed by atoms with E-state index in [9.17, 15) is 4.79 Å². The van der Waals surface area contributed by atoms with Gasteiger partial charge in [-0.15, -0.1) is 0 Å². The summed E-state index contributed by atoms with van der Waals surface area (Å²) in [6.07, 6.45) is 7.32. The van der Waals surface area contributed by atoms with Crippen molar-refractivity contribution in [3.05, 3.63) is 12.2 Å². The molecule has 88 valence electrons. The first kappa shape index (κ1) is 11.1. The fourth-order valence-electron chi connectivity index (χ4n) is 2.24. The zero-order chi connectivity index (χ0) is 11.4. The van der Waals surface area contributed by atoms with Crippen LogP contribution in [0.25, 0.3) is 0 Å². The van der Waals surface area contributed by atoms with E-state index in [0.717, 1.165) is 6.42 Å². The summed E-state index contributed by atoms with van der Waals surface area (Å²) in [5, 5.41) is 6.09. The van der Waals surface area contributed by atoms with Crippen LogP contribution in [0.1, 0.15) is 49.6 Å². The summed E-state index contributed by atoms with van der Waals surface area (Å²) in [5.41, 5.74) is 0.363. The Morgan fingerprint density at radius 1 is 1.56 bits per heavy atom. The zero-order valence-corrected chi connectivity index (χ0v) is 9.53. The topological polar surface area (TPSA) is 67.9 Å². The minimum Gasteiger partial charge on any atom is -0.460 e. The van der Waals surface area contributed by atoms with Gasteiger partial charge in [-0.2, -0.15) is 5.10 Å². The highest BCUT2D eigenvalue weighted by Gasteiger charge is 2.28. The molecule has 0 amide bonds. The van der Waals surface area contributed by atoms with Crippen LogP contribution < -0.4 is 0 Å². The third kappa shape index (κ3) is 2.59. The Kier molecular flexibility index (Phi) is 3.22. The predicted molar refractivity (Wildman–Crippen MR) is 57.9 cm³/mol. The molecule has 0 spiro atoms. The van der Waals surface area contributed by atoms with Crippen molar-refractivity contribution in [1.29, 1.82) is 0 Å². The molecule has 1 aromatic rings. The van der Waals surface area contributed by atoms with Gasteiger partial charge in [0, 0.05) is 0 Å². The second kappa shape index (κ2) is 4.63. The third-order valence-corrected chi connectivity index (χ3v) is 3.36. The van der Waals surface area contributed by atoms with Crippen molar-refractivity contribution in [2.75, 3.05) is 6.61 Å². The molecule has 5 nitrogen and oxygen atoms in total. The maximum absolute atomic E-state index is 11.4. The number of carbonyl (C=O) groups excluding carboxylic acids is 1. The van der Waals surface area contributed by atoms with Gasteiger partial charge in [-0.3, -0.25) is 5.10 Å². The van der Waals surface area contributed by atoms with E-state index in [1.807, 2.05) is 0 Å². The Hall–Kier alpha value is -1.39. The summed E-state index contributed by atoms with van der Waals surface area (Å²) in [7, 11) is 0. The Balaban J connectivity index is 1.74. The number of ether oxygens (including phenoxy) is 1.